The van der Waals surface area contributed by atoms with Crippen molar-refractivity contribution in [3.8, 4) is 39.4 Å². The van der Waals surface area contributed by atoms with Crippen molar-refractivity contribution in [2.24, 2.45) is 0 Å². The van der Waals surface area contributed by atoms with Crippen LogP contribution in [-0.2, 0) is 32.7 Å². The number of pyridine rings is 2. The molecule has 10 heteroatoms. The minimum absolute atomic E-state index is 0.183. The summed E-state index contributed by atoms with van der Waals surface area (Å²) in [5, 5.41) is 0.365. The highest BCUT2D eigenvalue weighted by Crippen LogP contribution is 2.37. The molecule has 0 saturated heterocycles. The number of hydrogen-bond acceptors (Lipinski definition) is 7. The number of benzene rings is 4. The summed E-state index contributed by atoms with van der Waals surface area (Å²) in [4.78, 5) is 9.72. The van der Waals surface area contributed by atoms with Crippen LogP contribution in [0.25, 0.3) is 44.4 Å². The molecule has 2 heterocycles. The van der Waals surface area contributed by atoms with Gasteiger partial charge < -0.3 is 4.74 Å². The van der Waals surface area contributed by atoms with Gasteiger partial charge in [0.05, 0.1) is 21.4 Å². The van der Waals surface area contributed by atoms with Crippen LogP contribution in [0.15, 0.2) is 120 Å². The third-order valence-corrected chi connectivity index (χ3v) is 11.0. The van der Waals surface area contributed by atoms with Crippen molar-refractivity contribution >= 4 is 30.6 Å². The van der Waals surface area contributed by atoms with Crippen molar-refractivity contribution in [3.05, 3.63) is 132 Å². The number of halogens is 1. The van der Waals surface area contributed by atoms with Gasteiger partial charge in [-0.3, -0.25) is 4.98 Å². The van der Waals surface area contributed by atoms with Gasteiger partial charge in [-0.25, -0.2) is 26.2 Å². The minimum atomic E-state index is -3.40. The fourth-order valence-electron chi connectivity index (χ4n) is 5.50. The van der Waals surface area contributed by atoms with E-state index in [1.165, 1.54) is 18.4 Å². The van der Waals surface area contributed by atoms with Gasteiger partial charge in [0, 0.05) is 46.9 Å². The summed E-state index contributed by atoms with van der Waals surface area (Å²) in [6.45, 7) is 1.90. The molecule has 0 radical (unpaired) electrons. The molecule has 0 aliphatic carbocycles. The third-order valence-electron chi connectivity index (χ3n) is 8.23. The zero-order valence-corrected chi connectivity index (χ0v) is 28.2. The molecular weight excluding hydrogens is 648 g/mol. The molecule has 0 amide bonds. The second-order valence-electron chi connectivity index (χ2n) is 11.9. The van der Waals surface area contributed by atoms with Gasteiger partial charge in [-0.05, 0) is 90.2 Å². The molecule has 48 heavy (non-hydrogen) atoms. The maximum atomic E-state index is 13.4. The van der Waals surface area contributed by atoms with Gasteiger partial charge in [0.25, 0.3) is 0 Å². The van der Waals surface area contributed by atoms with E-state index in [1.54, 1.807) is 55.6 Å². The Hall–Kier alpha value is -4.93. The number of rotatable bonds is 10. The lowest BCUT2D eigenvalue weighted by Crippen LogP contribution is -2.18. The number of ether oxygens (including phenoxy) is 1. The van der Waals surface area contributed by atoms with Crippen LogP contribution in [0, 0.1) is 5.82 Å². The maximum absolute atomic E-state index is 13.4. The van der Waals surface area contributed by atoms with Gasteiger partial charge in [-0.2, -0.15) is 0 Å². The van der Waals surface area contributed by atoms with Crippen LogP contribution in [0.4, 0.5) is 4.39 Å². The molecule has 0 fully saturated rings. The fourth-order valence-corrected chi connectivity index (χ4v) is 6.63. The Kier molecular flexibility index (Phi) is 9.13. The van der Waals surface area contributed by atoms with E-state index in [2.05, 4.69) is 4.98 Å². The lowest BCUT2D eigenvalue weighted by Gasteiger charge is -2.15. The van der Waals surface area contributed by atoms with Gasteiger partial charge in [0.1, 0.15) is 22.3 Å². The topological polar surface area (TPSA) is 103 Å². The second kappa shape index (κ2) is 13.3. The summed E-state index contributed by atoms with van der Waals surface area (Å²) in [7, 11) is -6.62. The zero-order chi connectivity index (χ0) is 34.1. The van der Waals surface area contributed by atoms with E-state index in [9.17, 15) is 21.2 Å². The van der Waals surface area contributed by atoms with Gasteiger partial charge >= 0.3 is 0 Å². The molecule has 0 saturated carbocycles. The van der Waals surface area contributed by atoms with Gasteiger partial charge in [0.15, 0.2) is 9.84 Å². The van der Waals surface area contributed by atoms with Crippen LogP contribution >= 0.6 is 0 Å². The van der Waals surface area contributed by atoms with Crippen molar-refractivity contribution in [2.45, 2.75) is 30.1 Å². The summed E-state index contributed by atoms with van der Waals surface area (Å²) in [5.74, 6) is 0.0200. The number of fused-ring (bicyclic) bond motifs is 1. The van der Waals surface area contributed by atoms with Gasteiger partial charge in [0.2, 0.25) is 5.88 Å². The van der Waals surface area contributed by atoms with E-state index in [-0.39, 0.29) is 17.3 Å². The van der Waals surface area contributed by atoms with E-state index in [1.807, 2.05) is 54.6 Å². The molecule has 6 rings (SSSR count). The summed E-state index contributed by atoms with van der Waals surface area (Å²) in [6.07, 6.45) is 4.52. The SMILES string of the molecule is CC(Cc1cc(-c2cccc(-c3ccc(OCc4ccc(F)cc4)nc3-c3ccc(S(C)(=O)=O)cc3)c2)c2ncccc2c1)S(C)(=O)=O. The van der Waals surface area contributed by atoms with E-state index in [0.29, 0.717) is 23.6 Å². The molecule has 4 aromatic carbocycles. The Labute approximate surface area is 280 Å². The molecule has 7 nitrogen and oxygen atoms in total. The fraction of sp³-hybridized carbons (Fsp3) is 0.158. The lowest BCUT2D eigenvalue weighted by atomic mass is 9.93. The van der Waals surface area contributed by atoms with Crippen LogP contribution in [0.3, 0.4) is 0 Å². The Bertz CT molecular complexity index is 2340. The highest BCUT2D eigenvalue weighted by Gasteiger charge is 2.18. The van der Waals surface area contributed by atoms with Gasteiger partial charge in [-0.1, -0.05) is 48.5 Å². The Balaban J connectivity index is 1.44. The van der Waals surface area contributed by atoms with Crippen molar-refractivity contribution in [1.82, 2.24) is 9.97 Å². The monoisotopic (exact) mass is 680 g/mol. The standard InChI is InChI=1S/C38H33FN2O5S2/c1-25(47(2,42)43)20-27-21-31-8-5-19-40-37(31)35(22-27)30-7-4-6-29(23-30)34-17-18-36(46-24-26-9-13-32(39)14-10-26)41-38(34)28-11-15-33(16-12-28)48(3,44)45/h4-19,21-23,25H,20,24H2,1-3H3. The molecule has 0 aliphatic rings. The Morgan fingerprint density at radius 3 is 2.12 bits per heavy atom. The number of nitrogens with zero attached hydrogens (tertiary/aromatic N) is 2. The summed E-state index contributed by atoms with van der Waals surface area (Å²) < 4.78 is 68.2. The van der Waals surface area contributed by atoms with Crippen LogP contribution in [0.1, 0.15) is 18.1 Å². The minimum Gasteiger partial charge on any atom is -0.473 e. The predicted molar refractivity (Wildman–Crippen MR) is 188 cm³/mol. The van der Waals surface area contributed by atoms with Crippen LogP contribution in [-0.4, -0.2) is 44.6 Å². The quantitative estimate of drug-likeness (QED) is 0.146. The summed E-state index contributed by atoms with van der Waals surface area (Å²) >= 11 is 0. The molecule has 244 valence electrons. The van der Waals surface area contributed by atoms with E-state index >= 15 is 0 Å². The first-order chi connectivity index (χ1) is 22.8. The van der Waals surface area contributed by atoms with Crippen LogP contribution < -0.4 is 4.74 Å². The van der Waals surface area contributed by atoms with Crippen molar-refractivity contribution in [3.63, 3.8) is 0 Å². The third kappa shape index (κ3) is 7.45. The molecular formula is C38H33FN2O5S2. The van der Waals surface area contributed by atoms with Crippen molar-refractivity contribution in [2.75, 3.05) is 12.5 Å². The van der Waals surface area contributed by atoms with E-state index in [4.69, 9.17) is 9.72 Å². The first-order valence-electron chi connectivity index (χ1n) is 15.2. The first-order valence-corrected chi connectivity index (χ1v) is 19.1. The molecule has 1 unspecified atom stereocenters. The first kappa shape index (κ1) is 33.0. The molecule has 0 spiro atoms. The number of sulfone groups is 2. The van der Waals surface area contributed by atoms with Crippen LogP contribution in [0.5, 0.6) is 5.88 Å². The van der Waals surface area contributed by atoms with Crippen molar-refractivity contribution in [1.29, 1.82) is 0 Å². The summed E-state index contributed by atoms with van der Waals surface area (Å²) in [5.41, 5.74) is 7.15. The maximum Gasteiger partial charge on any atom is 0.214 e. The Morgan fingerprint density at radius 2 is 1.44 bits per heavy atom. The molecule has 0 N–H and O–H groups in total. The predicted octanol–water partition coefficient (Wildman–Crippen LogP) is 7.73. The lowest BCUT2D eigenvalue weighted by molar-refractivity contribution is 0.294. The van der Waals surface area contributed by atoms with E-state index in [0.717, 1.165) is 50.5 Å². The average Bonchev–Trinajstić information content (AvgIpc) is 3.07. The van der Waals surface area contributed by atoms with Gasteiger partial charge in [-0.15, -0.1) is 0 Å². The molecule has 0 aliphatic heterocycles. The highest BCUT2D eigenvalue weighted by molar-refractivity contribution is 7.91. The molecule has 1 atom stereocenters. The number of hydrogen-bond donors (Lipinski definition) is 0. The van der Waals surface area contributed by atoms with Crippen molar-refractivity contribution < 1.29 is 26.0 Å². The number of aromatic nitrogens is 2. The largest absolute Gasteiger partial charge is 0.473 e. The van der Waals surface area contributed by atoms with E-state index < -0.39 is 24.9 Å². The highest BCUT2D eigenvalue weighted by atomic mass is 32.2. The normalized spacial score (nSPS) is 12.6. The zero-order valence-electron chi connectivity index (χ0n) is 26.6. The molecule has 6 aromatic rings. The summed E-state index contributed by atoms with van der Waals surface area (Å²) in [6, 6.07) is 32.0. The molecule has 0 bridgehead atoms. The Morgan fingerprint density at radius 1 is 0.729 bits per heavy atom. The second-order valence-corrected chi connectivity index (χ2v) is 16.4. The average molecular weight is 681 g/mol. The molecule has 2 aromatic heterocycles. The van der Waals surface area contributed by atoms with Crippen LogP contribution in [0.2, 0.25) is 0 Å². The smallest absolute Gasteiger partial charge is 0.214 e.